The lowest BCUT2D eigenvalue weighted by Gasteiger charge is -2.27. The van der Waals surface area contributed by atoms with E-state index in [2.05, 4.69) is 207 Å². The molecule has 0 spiro atoms. The molecule has 1 aliphatic rings. The molecule has 0 amide bonds. The zero-order valence-electron chi connectivity index (χ0n) is 32.2. The van der Waals surface area contributed by atoms with Crippen LogP contribution in [0.2, 0.25) is 0 Å². The van der Waals surface area contributed by atoms with Crippen LogP contribution in [0.4, 0.5) is 17.1 Å². The normalized spacial score (nSPS) is 13.1. The lowest BCUT2D eigenvalue weighted by molar-refractivity contribution is 0.660. The largest absolute Gasteiger partial charge is 0.456 e. The molecule has 3 heteroatoms. The molecule has 0 saturated heterocycles. The van der Waals surface area contributed by atoms with Crippen LogP contribution >= 0.6 is 11.3 Å². The third-order valence-electron chi connectivity index (χ3n) is 12.4. The molecule has 0 fully saturated rings. The Morgan fingerprint density at radius 1 is 0.448 bits per heavy atom. The van der Waals surface area contributed by atoms with E-state index in [9.17, 15) is 0 Å². The molecule has 0 saturated carbocycles. The van der Waals surface area contributed by atoms with Crippen LogP contribution in [0, 0.1) is 0 Å². The first-order valence-corrected chi connectivity index (χ1v) is 20.8. The molecule has 2 heterocycles. The van der Waals surface area contributed by atoms with E-state index < -0.39 is 0 Å². The van der Waals surface area contributed by atoms with Gasteiger partial charge in [0, 0.05) is 43.4 Å². The highest BCUT2D eigenvalue weighted by molar-refractivity contribution is 7.26. The van der Waals surface area contributed by atoms with Gasteiger partial charge in [0.25, 0.3) is 0 Å². The molecule has 58 heavy (non-hydrogen) atoms. The smallest absolute Gasteiger partial charge is 0.138 e. The zero-order valence-corrected chi connectivity index (χ0v) is 33.0. The number of rotatable bonds is 5. The summed E-state index contributed by atoms with van der Waals surface area (Å²) < 4.78 is 9.50. The van der Waals surface area contributed by atoms with E-state index in [1.165, 1.54) is 69.9 Å². The number of benzene rings is 9. The first-order chi connectivity index (χ1) is 28.5. The Labute approximate surface area is 340 Å². The highest BCUT2D eigenvalue weighted by atomic mass is 32.1. The summed E-state index contributed by atoms with van der Waals surface area (Å²) in [4.78, 5) is 2.44. The van der Waals surface area contributed by atoms with Crippen molar-refractivity contribution in [3.8, 4) is 33.4 Å². The summed E-state index contributed by atoms with van der Waals surface area (Å²) in [7, 11) is 0. The molecule has 1 aliphatic carbocycles. The maximum atomic E-state index is 6.96. The van der Waals surface area contributed by atoms with Gasteiger partial charge in [-0.25, -0.2) is 0 Å². The molecule has 0 atom stereocenters. The van der Waals surface area contributed by atoms with Gasteiger partial charge in [-0.1, -0.05) is 147 Å². The quantitative estimate of drug-likeness (QED) is 0.174. The highest BCUT2D eigenvalue weighted by Crippen LogP contribution is 2.52. The van der Waals surface area contributed by atoms with E-state index in [-0.39, 0.29) is 5.41 Å². The molecule has 274 valence electrons. The molecule has 0 N–H and O–H groups in total. The minimum absolute atomic E-state index is 0.128. The lowest BCUT2D eigenvalue weighted by atomic mass is 9.81. The van der Waals surface area contributed by atoms with Gasteiger partial charge in [-0.3, -0.25) is 0 Å². The van der Waals surface area contributed by atoms with E-state index in [1.54, 1.807) is 0 Å². The first-order valence-electron chi connectivity index (χ1n) is 20.0. The summed E-state index contributed by atoms with van der Waals surface area (Å²) in [6.07, 6.45) is 0. The number of furan rings is 1. The van der Waals surface area contributed by atoms with Gasteiger partial charge in [0.2, 0.25) is 0 Å². The van der Waals surface area contributed by atoms with Crippen molar-refractivity contribution < 1.29 is 4.42 Å². The van der Waals surface area contributed by atoms with Crippen LogP contribution in [0.3, 0.4) is 0 Å². The topological polar surface area (TPSA) is 16.4 Å². The fraction of sp³-hybridized carbons (Fsp3) is 0.0545. The van der Waals surface area contributed by atoms with E-state index in [4.69, 9.17) is 4.42 Å². The second kappa shape index (κ2) is 12.5. The van der Waals surface area contributed by atoms with Gasteiger partial charge in [-0.2, -0.15) is 0 Å². The van der Waals surface area contributed by atoms with E-state index in [0.29, 0.717) is 0 Å². The minimum Gasteiger partial charge on any atom is -0.456 e. The van der Waals surface area contributed by atoms with Gasteiger partial charge < -0.3 is 9.32 Å². The number of fused-ring (bicyclic) bond motifs is 10. The lowest BCUT2D eigenvalue weighted by Crippen LogP contribution is -2.14. The Morgan fingerprint density at radius 2 is 1.14 bits per heavy atom. The van der Waals surface area contributed by atoms with Crippen molar-refractivity contribution in [2.45, 2.75) is 19.3 Å². The van der Waals surface area contributed by atoms with Crippen molar-refractivity contribution >= 4 is 81.3 Å². The van der Waals surface area contributed by atoms with E-state index >= 15 is 0 Å². The van der Waals surface area contributed by atoms with Gasteiger partial charge in [-0.05, 0) is 104 Å². The zero-order chi connectivity index (χ0) is 38.5. The first kappa shape index (κ1) is 33.2. The van der Waals surface area contributed by atoms with Crippen LogP contribution in [0.25, 0.3) is 86.3 Å². The summed E-state index contributed by atoms with van der Waals surface area (Å²) in [5, 5.41) is 7.19. The van der Waals surface area contributed by atoms with Crippen LogP contribution in [0.1, 0.15) is 25.0 Å². The summed E-state index contributed by atoms with van der Waals surface area (Å²) >= 11 is 1.86. The molecule has 0 bridgehead atoms. The summed E-state index contributed by atoms with van der Waals surface area (Å²) in [6.45, 7) is 4.72. The number of nitrogens with zero attached hydrogens (tertiary/aromatic N) is 1. The Morgan fingerprint density at radius 3 is 2.00 bits per heavy atom. The Bertz CT molecular complexity index is 3420. The van der Waals surface area contributed by atoms with Crippen LogP contribution < -0.4 is 4.90 Å². The highest BCUT2D eigenvalue weighted by Gasteiger charge is 2.35. The second-order valence-corrected chi connectivity index (χ2v) is 17.1. The van der Waals surface area contributed by atoms with Crippen LogP contribution in [0.5, 0.6) is 0 Å². The fourth-order valence-electron chi connectivity index (χ4n) is 9.57. The Balaban J connectivity index is 1.14. The molecule has 2 nitrogen and oxygen atoms in total. The van der Waals surface area contributed by atoms with Crippen molar-refractivity contribution in [3.63, 3.8) is 0 Å². The average molecular weight is 760 g/mol. The average Bonchev–Trinajstić information content (AvgIpc) is 3.90. The molecule has 0 aliphatic heterocycles. The molecule has 0 radical (unpaired) electrons. The maximum Gasteiger partial charge on any atom is 0.138 e. The summed E-state index contributed by atoms with van der Waals surface area (Å²) in [6, 6.07) is 68.9. The Kier molecular flexibility index (Phi) is 7.18. The molecule has 12 rings (SSSR count). The van der Waals surface area contributed by atoms with Crippen molar-refractivity contribution in [3.05, 3.63) is 199 Å². The molecular weight excluding hydrogens is 723 g/mol. The number of thiophene rings is 1. The molecule has 0 unspecified atom stereocenters. The number of anilines is 3. The molecule has 11 aromatic rings. The standard InChI is InChI=1S/C55H37NOS/c1-55(2)47-20-10-8-17-41(47)42-28-25-38(30-48(42)55)45-32-40(33-51-53(45)46-29-36-15-6-7-16-37(36)31-50(46)57-51)56(39-26-23-35(24-27-39)34-13-4-3-5-14-34)49-21-12-19-44-43-18-9-11-22-52(43)58-54(44)49/h3-33H,1-2H3. The monoisotopic (exact) mass is 759 g/mol. The van der Waals surface area contributed by atoms with Crippen molar-refractivity contribution in [1.29, 1.82) is 0 Å². The number of hydrogen-bond donors (Lipinski definition) is 0. The van der Waals surface area contributed by atoms with E-state index in [0.717, 1.165) is 44.6 Å². The SMILES string of the molecule is CC1(C)c2ccccc2-c2ccc(-c3cc(N(c4ccc(-c5ccccc5)cc4)c4cccc5c4sc4ccccc45)cc4oc5cc6ccccc6cc5c34)cc21. The van der Waals surface area contributed by atoms with Crippen LogP contribution in [-0.2, 0) is 5.41 Å². The van der Waals surface area contributed by atoms with Gasteiger partial charge in [0.05, 0.1) is 16.1 Å². The van der Waals surface area contributed by atoms with Crippen LogP contribution in [0.15, 0.2) is 192 Å². The maximum absolute atomic E-state index is 6.96. The van der Waals surface area contributed by atoms with Gasteiger partial charge in [0.15, 0.2) is 0 Å². The molecule has 9 aromatic carbocycles. The predicted molar refractivity (Wildman–Crippen MR) is 247 cm³/mol. The van der Waals surface area contributed by atoms with Crippen LogP contribution in [-0.4, -0.2) is 0 Å². The van der Waals surface area contributed by atoms with Gasteiger partial charge >= 0.3 is 0 Å². The van der Waals surface area contributed by atoms with Gasteiger partial charge in [0.1, 0.15) is 11.2 Å². The van der Waals surface area contributed by atoms with Crippen molar-refractivity contribution in [2.24, 2.45) is 0 Å². The second-order valence-electron chi connectivity index (χ2n) is 16.1. The number of hydrogen-bond acceptors (Lipinski definition) is 3. The predicted octanol–water partition coefficient (Wildman–Crippen LogP) is 16.2. The third kappa shape index (κ3) is 4.97. The third-order valence-corrected chi connectivity index (χ3v) is 13.6. The minimum atomic E-state index is -0.128. The van der Waals surface area contributed by atoms with Crippen molar-refractivity contribution in [2.75, 3.05) is 4.90 Å². The Hall–Kier alpha value is -6.94. The summed E-state index contributed by atoms with van der Waals surface area (Å²) in [5.41, 5.74) is 15.0. The molecular formula is C55H37NOS. The summed E-state index contributed by atoms with van der Waals surface area (Å²) in [5.74, 6) is 0. The fourth-order valence-corrected chi connectivity index (χ4v) is 10.8. The van der Waals surface area contributed by atoms with E-state index in [1.807, 2.05) is 11.3 Å². The molecule has 2 aromatic heterocycles. The van der Waals surface area contributed by atoms with Crippen molar-refractivity contribution in [1.82, 2.24) is 0 Å². The van der Waals surface area contributed by atoms with Gasteiger partial charge in [-0.15, -0.1) is 11.3 Å².